The van der Waals surface area contributed by atoms with E-state index in [0.29, 0.717) is 0 Å². The van der Waals surface area contributed by atoms with E-state index in [-0.39, 0.29) is 6.10 Å². The van der Waals surface area contributed by atoms with E-state index in [4.69, 9.17) is 9.84 Å². The lowest BCUT2D eigenvalue weighted by Crippen LogP contribution is -2.03. The fourth-order valence-electron chi connectivity index (χ4n) is 1.21. The van der Waals surface area contributed by atoms with Gasteiger partial charge in [0.2, 0.25) is 0 Å². The van der Waals surface area contributed by atoms with Gasteiger partial charge in [-0.2, -0.15) is 0 Å². The predicted octanol–water partition coefficient (Wildman–Crippen LogP) is 2.74. The second-order valence-corrected chi connectivity index (χ2v) is 3.66. The highest BCUT2D eigenvalue weighted by molar-refractivity contribution is 4.46. The van der Waals surface area contributed by atoms with Gasteiger partial charge in [0.05, 0.1) is 6.10 Å². The van der Waals surface area contributed by atoms with Crippen LogP contribution in [0.4, 0.5) is 0 Å². The molecule has 0 radical (unpaired) electrons. The number of aliphatic hydroxyl groups is 1. The Hall–Kier alpha value is -0.0800. The molecule has 0 fully saturated rings. The first-order valence-electron chi connectivity index (χ1n) is 5.53. The molecule has 0 aliphatic carbocycles. The largest absolute Gasteiger partial charge is 0.393 e. The number of aliphatic hydroxyl groups excluding tert-OH is 1. The summed E-state index contributed by atoms with van der Waals surface area (Å²) < 4.78 is 5.42. The Balaban J connectivity index is 2.84. The van der Waals surface area contributed by atoms with Crippen LogP contribution in [0.2, 0.25) is 0 Å². The number of unbranched alkanes of at least 4 members (excludes halogenated alkanes) is 3. The molecule has 1 unspecified atom stereocenters. The highest BCUT2D eigenvalue weighted by Gasteiger charge is 1.95. The lowest BCUT2D eigenvalue weighted by Gasteiger charge is -2.05. The molecule has 1 atom stereocenters. The summed E-state index contributed by atoms with van der Waals surface area (Å²) in [6.45, 7) is 5.72. The van der Waals surface area contributed by atoms with Crippen molar-refractivity contribution in [1.82, 2.24) is 0 Å². The predicted molar refractivity (Wildman–Crippen MR) is 55.9 cm³/mol. The lowest BCUT2D eigenvalue weighted by atomic mass is 10.2. The van der Waals surface area contributed by atoms with Gasteiger partial charge in [-0.1, -0.05) is 26.2 Å². The minimum absolute atomic E-state index is 0.177. The number of hydrogen-bond donors (Lipinski definition) is 1. The van der Waals surface area contributed by atoms with Crippen LogP contribution in [0, 0.1) is 0 Å². The Morgan fingerprint density at radius 3 is 2.38 bits per heavy atom. The van der Waals surface area contributed by atoms with Crippen molar-refractivity contribution < 1.29 is 9.84 Å². The molecule has 1 N–H and O–H groups in total. The van der Waals surface area contributed by atoms with Crippen molar-refractivity contribution in [3.05, 3.63) is 0 Å². The van der Waals surface area contributed by atoms with Crippen LogP contribution >= 0.6 is 0 Å². The maximum absolute atomic E-state index is 8.97. The van der Waals surface area contributed by atoms with Gasteiger partial charge in [0.1, 0.15) is 0 Å². The third kappa shape index (κ3) is 11.9. The van der Waals surface area contributed by atoms with Gasteiger partial charge in [-0.3, -0.25) is 0 Å². The summed E-state index contributed by atoms with van der Waals surface area (Å²) in [6.07, 6.45) is 6.72. The van der Waals surface area contributed by atoms with Crippen molar-refractivity contribution in [1.29, 1.82) is 0 Å². The van der Waals surface area contributed by atoms with Crippen LogP contribution in [0.5, 0.6) is 0 Å². The molecule has 0 spiro atoms. The van der Waals surface area contributed by atoms with Crippen LogP contribution in [-0.2, 0) is 4.74 Å². The summed E-state index contributed by atoms with van der Waals surface area (Å²) in [4.78, 5) is 0. The zero-order chi connectivity index (χ0) is 9.94. The van der Waals surface area contributed by atoms with Crippen LogP contribution in [0.1, 0.15) is 52.4 Å². The zero-order valence-electron chi connectivity index (χ0n) is 9.09. The Labute approximate surface area is 82.3 Å². The van der Waals surface area contributed by atoms with Crippen LogP contribution in [0.25, 0.3) is 0 Å². The molecular weight excluding hydrogens is 164 g/mol. The third-order valence-corrected chi connectivity index (χ3v) is 2.05. The fourth-order valence-corrected chi connectivity index (χ4v) is 1.21. The Bertz CT molecular complexity index is 92.1. The molecule has 0 aliphatic heterocycles. The highest BCUT2D eigenvalue weighted by atomic mass is 16.5. The van der Waals surface area contributed by atoms with E-state index in [1.165, 1.54) is 25.7 Å². The minimum atomic E-state index is -0.177. The molecule has 0 heterocycles. The maximum Gasteiger partial charge on any atom is 0.0513 e. The van der Waals surface area contributed by atoms with Gasteiger partial charge in [0.25, 0.3) is 0 Å². The first kappa shape index (κ1) is 12.9. The molecule has 0 saturated heterocycles. The van der Waals surface area contributed by atoms with Crippen LogP contribution in [0.3, 0.4) is 0 Å². The molecule has 2 nitrogen and oxygen atoms in total. The van der Waals surface area contributed by atoms with E-state index < -0.39 is 0 Å². The highest BCUT2D eigenvalue weighted by Crippen LogP contribution is 2.00. The molecule has 0 aromatic rings. The first-order valence-corrected chi connectivity index (χ1v) is 5.53. The number of rotatable bonds is 9. The fraction of sp³-hybridized carbons (Fsp3) is 1.00. The van der Waals surface area contributed by atoms with E-state index >= 15 is 0 Å². The van der Waals surface area contributed by atoms with Gasteiger partial charge in [-0.05, 0) is 26.2 Å². The smallest absolute Gasteiger partial charge is 0.0513 e. The number of hydrogen-bond acceptors (Lipinski definition) is 2. The third-order valence-electron chi connectivity index (χ3n) is 2.05. The van der Waals surface area contributed by atoms with E-state index in [1.807, 2.05) is 6.92 Å². The van der Waals surface area contributed by atoms with Crippen molar-refractivity contribution in [3.8, 4) is 0 Å². The Kier molecular flexibility index (Phi) is 9.94. The molecular formula is C11H24O2. The second kappa shape index (κ2) is 10.0. The number of ether oxygens (including phenoxy) is 1. The first-order chi connectivity index (χ1) is 6.27. The monoisotopic (exact) mass is 188 g/mol. The maximum atomic E-state index is 8.97. The molecule has 13 heavy (non-hydrogen) atoms. The summed E-state index contributed by atoms with van der Waals surface area (Å²) in [5.74, 6) is 0. The van der Waals surface area contributed by atoms with Crippen molar-refractivity contribution >= 4 is 0 Å². The Morgan fingerprint density at radius 1 is 1.08 bits per heavy atom. The standard InChI is InChI=1S/C11H24O2/c1-3-4-5-6-9-13-10-7-8-11(2)12/h11-12H,3-10H2,1-2H3. The SMILES string of the molecule is CCCCCCOCCCC(C)O. The van der Waals surface area contributed by atoms with Gasteiger partial charge in [-0.25, -0.2) is 0 Å². The molecule has 80 valence electrons. The quantitative estimate of drug-likeness (QED) is 0.564. The van der Waals surface area contributed by atoms with E-state index in [1.54, 1.807) is 0 Å². The lowest BCUT2D eigenvalue weighted by molar-refractivity contribution is 0.109. The average molecular weight is 188 g/mol. The molecule has 2 heteroatoms. The van der Waals surface area contributed by atoms with Crippen molar-refractivity contribution in [2.75, 3.05) is 13.2 Å². The summed E-state index contributed by atoms with van der Waals surface area (Å²) in [5, 5.41) is 8.97. The van der Waals surface area contributed by atoms with Gasteiger partial charge in [0.15, 0.2) is 0 Å². The van der Waals surface area contributed by atoms with Crippen LogP contribution in [0.15, 0.2) is 0 Å². The summed E-state index contributed by atoms with van der Waals surface area (Å²) in [6, 6.07) is 0. The molecule has 0 amide bonds. The van der Waals surface area contributed by atoms with Crippen molar-refractivity contribution in [3.63, 3.8) is 0 Å². The van der Waals surface area contributed by atoms with Crippen molar-refractivity contribution in [2.24, 2.45) is 0 Å². The van der Waals surface area contributed by atoms with Gasteiger partial charge < -0.3 is 9.84 Å². The molecule has 0 aromatic carbocycles. The van der Waals surface area contributed by atoms with Crippen LogP contribution < -0.4 is 0 Å². The zero-order valence-corrected chi connectivity index (χ0v) is 9.09. The average Bonchev–Trinajstić information content (AvgIpc) is 2.09. The molecule has 0 saturated carbocycles. The van der Waals surface area contributed by atoms with Gasteiger partial charge in [0, 0.05) is 13.2 Å². The molecule has 0 rings (SSSR count). The molecule has 0 aromatic heterocycles. The van der Waals surface area contributed by atoms with Crippen LogP contribution in [-0.4, -0.2) is 24.4 Å². The summed E-state index contributed by atoms with van der Waals surface area (Å²) >= 11 is 0. The van der Waals surface area contributed by atoms with Gasteiger partial charge >= 0.3 is 0 Å². The normalized spacial score (nSPS) is 13.2. The summed E-state index contributed by atoms with van der Waals surface area (Å²) in [7, 11) is 0. The van der Waals surface area contributed by atoms with E-state index in [0.717, 1.165) is 26.1 Å². The summed E-state index contributed by atoms with van der Waals surface area (Å²) in [5.41, 5.74) is 0. The molecule has 0 bridgehead atoms. The minimum Gasteiger partial charge on any atom is -0.393 e. The van der Waals surface area contributed by atoms with E-state index in [9.17, 15) is 0 Å². The second-order valence-electron chi connectivity index (χ2n) is 3.66. The van der Waals surface area contributed by atoms with Crippen molar-refractivity contribution in [2.45, 2.75) is 58.5 Å². The topological polar surface area (TPSA) is 29.5 Å². The molecule has 0 aliphatic rings. The van der Waals surface area contributed by atoms with Gasteiger partial charge in [-0.15, -0.1) is 0 Å². The van der Waals surface area contributed by atoms with E-state index in [2.05, 4.69) is 6.92 Å². The Morgan fingerprint density at radius 2 is 1.77 bits per heavy atom.